The summed E-state index contributed by atoms with van der Waals surface area (Å²) in [7, 11) is 0. The summed E-state index contributed by atoms with van der Waals surface area (Å²) >= 11 is 1.84. The Labute approximate surface area is 237 Å². The molecule has 0 amide bonds. The Morgan fingerprint density at radius 3 is 2.39 bits per heavy atom. The van der Waals surface area contributed by atoms with Crippen LogP contribution < -0.4 is 0 Å². The van der Waals surface area contributed by atoms with Crippen molar-refractivity contribution in [1.29, 1.82) is 0 Å². The Kier molecular flexibility index (Phi) is 5.31. The van der Waals surface area contributed by atoms with Gasteiger partial charge in [0, 0.05) is 63.4 Å². The van der Waals surface area contributed by atoms with Crippen molar-refractivity contribution in [3.63, 3.8) is 0 Å². The molecule has 38 heavy (non-hydrogen) atoms. The predicted molar refractivity (Wildman–Crippen MR) is 156 cm³/mol. The molecule has 0 aliphatic rings. The molecule has 0 saturated carbocycles. The van der Waals surface area contributed by atoms with Gasteiger partial charge >= 0.3 is 0 Å². The van der Waals surface area contributed by atoms with E-state index in [1.807, 2.05) is 17.4 Å². The molecule has 0 bridgehead atoms. The summed E-state index contributed by atoms with van der Waals surface area (Å²) in [6, 6.07) is 36.0. The quantitative estimate of drug-likeness (QED) is 0.167. The first-order chi connectivity index (χ1) is 18.2. The average molecular weight is 685 g/mol. The molecule has 3 nitrogen and oxygen atoms in total. The van der Waals surface area contributed by atoms with Crippen molar-refractivity contribution >= 4 is 59.8 Å². The largest absolute Gasteiger partial charge is 0.339 e. The molecule has 0 aliphatic carbocycles. The molecule has 4 aromatic heterocycles. The molecule has 0 saturated heterocycles. The molecule has 0 aliphatic heterocycles. The molecule has 5 heteroatoms. The second-order valence-electron chi connectivity index (χ2n) is 9.77. The summed E-state index contributed by atoms with van der Waals surface area (Å²) in [6.07, 6.45) is 2.19. The third-order valence-corrected chi connectivity index (χ3v) is 8.43. The van der Waals surface area contributed by atoms with Gasteiger partial charge in [0.2, 0.25) is 0 Å². The molecular formula is C33H22IrN3S-. The molecule has 4 heterocycles. The van der Waals surface area contributed by atoms with Crippen LogP contribution in [-0.2, 0) is 20.1 Å². The van der Waals surface area contributed by atoms with E-state index in [1.165, 1.54) is 53.5 Å². The first-order valence-electron chi connectivity index (χ1n) is 12.5. The van der Waals surface area contributed by atoms with E-state index in [0.29, 0.717) is 0 Å². The van der Waals surface area contributed by atoms with E-state index in [1.54, 1.807) is 0 Å². The van der Waals surface area contributed by atoms with E-state index in [-0.39, 0.29) is 20.1 Å². The molecule has 0 spiro atoms. The number of aromatic nitrogens is 3. The second kappa shape index (κ2) is 8.64. The van der Waals surface area contributed by atoms with Gasteiger partial charge in [-0.15, -0.1) is 35.6 Å². The van der Waals surface area contributed by atoms with Gasteiger partial charge < -0.3 is 8.97 Å². The van der Waals surface area contributed by atoms with Crippen molar-refractivity contribution in [2.24, 2.45) is 0 Å². The molecular weight excluding hydrogens is 663 g/mol. The molecule has 1 radical (unpaired) electrons. The van der Waals surface area contributed by atoms with E-state index in [0.717, 1.165) is 22.3 Å². The Hall–Kier alpha value is -3.76. The number of pyridine rings is 1. The number of para-hydroxylation sites is 1. The number of nitrogens with zero attached hydrogens (tertiary/aromatic N) is 3. The van der Waals surface area contributed by atoms with E-state index >= 15 is 0 Å². The minimum atomic E-state index is 0. The summed E-state index contributed by atoms with van der Waals surface area (Å²) < 4.78 is 5.89. The zero-order chi connectivity index (χ0) is 24.7. The third-order valence-electron chi connectivity index (χ3n) is 7.36. The molecule has 8 aromatic rings. The van der Waals surface area contributed by atoms with E-state index in [4.69, 9.17) is 4.98 Å². The molecule has 4 aromatic carbocycles. The van der Waals surface area contributed by atoms with Gasteiger partial charge in [-0.25, -0.2) is 0 Å². The summed E-state index contributed by atoms with van der Waals surface area (Å²) in [5, 5.41) is 4.79. The Bertz CT molecular complexity index is 2170. The van der Waals surface area contributed by atoms with Gasteiger partial charge in [0.1, 0.15) is 0 Å². The molecule has 8 rings (SSSR count). The molecule has 0 atom stereocenters. The van der Waals surface area contributed by atoms with Gasteiger partial charge in [-0.05, 0) is 56.3 Å². The standard InChI is InChI=1S/C33H22N3S.Ir/c1-20-12-14-29-26(16-20)27-18-22(13-15-30(27)36(29)23-8-4-3-5-9-23)28-19-35-31-17-21(2)37-32(31)24-10-6-7-11-25(24)33(35)34-28;/h3-10,12-19H,1-2H3;/q-1;. The van der Waals surface area contributed by atoms with Crippen molar-refractivity contribution in [1.82, 2.24) is 14.0 Å². The Morgan fingerprint density at radius 1 is 0.763 bits per heavy atom. The topological polar surface area (TPSA) is 22.2 Å². The number of thiophene rings is 1. The smallest absolute Gasteiger partial charge is 0.0772 e. The van der Waals surface area contributed by atoms with Gasteiger partial charge in [-0.1, -0.05) is 46.7 Å². The van der Waals surface area contributed by atoms with Crippen molar-refractivity contribution in [3.8, 4) is 16.9 Å². The second-order valence-corrected chi connectivity index (χ2v) is 11.0. The maximum absolute atomic E-state index is 5.17. The zero-order valence-electron chi connectivity index (χ0n) is 20.8. The SMILES string of the molecule is Cc1ccc2c(c1)c1cc(-c3cn4c5cc(C)sc5c5ccc[c-]c5c4n3)ccc1n2-c1ccccc1.[Ir]. The van der Waals surface area contributed by atoms with Gasteiger partial charge in [0.25, 0.3) is 0 Å². The van der Waals surface area contributed by atoms with Crippen LogP contribution in [0.2, 0.25) is 0 Å². The van der Waals surface area contributed by atoms with Crippen molar-refractivity contribution in [2.75, 3.05) is 0 Å². The Morgan fingerprint density at radius 2 is 1.55 bits per heavy atom. The first kappa shape index (κ1) is 23.4. The number of hydrogen-bond acceptors (Lipinski definition) is 2. The summed E-state index contributed by atoms with van der Waals surface area (Å²) in [5.74, 6) is 0. The summed E-state index contributed by atoms with van der Waals surface area (Å²) in [6.45, 7) is 4.33. The van der Waals surface area contributed by atoms with Crippen LogP contribution in [0.3, 0.4) is 0 Å². The number of hydrogen-bond donors (Lipinski definition) is 0. The van der Waals surface area contributed by atoms with Crippen LogP contribution in [0, 0.1) is 19.9 Å². The average Bonchev–Trinajstić information content (AvgIpc) is 3.62. The maximum Gasteiger partial charge on any atom is 0.0772 e. The molecule has 0 unspecified atom stereocenters. The summed E-state index contributed by atoms with van der Waals surface area (Å²) in [5.41, 5.74) is 9.11. The number of aryl methyl sites for hydroxylation is 2. The first-order valence-corrected chi connectivity index (χ1v) is 13.3. The molecule has 185 valence electrons. The van der Waals surface area contributed by atoms with E-state index in [9.17, 15) is 0 Å². The van der Waals surface area contributed by atoms with Crippen LogP contribution >= 0.6 is 11.3 Å². The van der Waals surface area contributed by atoms with Crippen molar-refractivity contribution in [3.05, 3.63) is 114 Å². The molecule has 0 N–H and O–H groups in total. The van der Waals surface area contributed by atoms with E-state index < -0.39 is 0 Å². The maximum atomic E-state index is 5.17. The van der Waals surface area contributed by atoms with Crippen LogP contribution in [0.15, 0.2) is 97.2 Å². The Balaban J connectivity index is 0.00000242. The van der Waals surface area contributed by atoms with Gasteiger partial charge in [0.05, 0.1) is 22.4 Å². The van der Waals surface area contributed by atoms with Gasteiger partial charge in [0.15, 0.2) is 0 Å². The third kappa shape index (κ3) is 3.33. The van der Waals surface area contributed by atoms with Crippen molar-refractivity contribution in [2.45, 2.75) is 13.8 Å². The number of imidazole rings is 1. The molecule has 0 fully saturated rings. The number of fused-ring (bicyclic) bond motifs is 9. The zero-order valence-corrected chi connectivity index (χ0v) is 24.0. The monoisotopic (exact) mass is 685 g/mol. The van der Waals surface area contributed by atoms with E-state index in [2.05, 4.69) is 120 Å². The van der Waals surface area contributed by atoms with Gasteiger partial charge in [-0.3, -0.25) is 4.98 Å². The van der Waals surface area contributed by atoms with Crippen LogP contribution in [0.1, 0.15) is 10.4 Å². The van der Waals surface area contributed by atoms with Crippen LogP contribution in [0.25, 0.3) is 65.4 Å². The minimum absolute atomic E-state index is 0. The predicted octanol–water partition coefficient (Wildman–Crippen LogP) is 8.88. The number of rotatable bonds is 2. The van der Waals surface area contributed by atoms with Gasteiger partial charge in [-0.2, -0.15) is 0 Å². The normalized spacial score (nSPS) is 11.7. The van der Waals surface area contributed by atoms with Crippen LogP contribution in [-0.4, -0.2) is 14.0 Å². The summed E-state index contributed by atoms with van der Waals surface area (Å²) in [4.78, 5) is 6.47. The fourth-order valence-corrected chi connectivity index (χ4v) is 6.75. The van der Waals surface area contributed by atoms with Crippen molar-refractivity contribution < 1.29 is 20.1 Å². The fraction of sp³-hybridized carbons (Fsp3) is 0.0606. The minimum Gasteiger partial charge on any atom is -0.339 e. The van der Waals surface area contributed by atoms with Crippen LogP contribution in [0.4, 0.5) is 0 Å². The van der Waals surface area contributed by atoms with Crippen LogP contribution in [0.5, 0.6) is 0 Å². The number of benzene rings is 4. The fourth-order valence-electron chi connectivity index (χ4n) is 5.71.